The van der Waals surface area contributed by atoms with Gasteiger partial charge in [-0.2, -0.15) is 20.1 Å². The number of rotatable bonds is 6. The van der Waals surface area contributed by atoms with E-state index in [0.717, 1.165) is 29.4 Å². The number of methoxy groups -OCH3 is 1. The van der Waals surface area contributed by atoms with Crippen LogP contribution in [0, 0.1) is 0 Å². The zero-order chi connectivity index (χ0) is 20.2. The minimum Gasteiger partial charge on any atom is -0.467 e. The van der Waals surface area contributed by atoms with Crippen molar-refractivity contribution in [1.82, 2.24) is 25.1 Å². The molecule has 0 radical (unpaired) electrons. The molecule has 4 rings (SSSR count). The Balaban J connectivity index is 1.64. The number of nitrogens with one attached hydrogen (secondary N) is 2. The molecule has 2 aromatic heterocycles. The predicted molar refractivity (Wildman–Crippen MR) is 107 cm³/mol. The maximum atomic E-state index is 12.4. The van der Waals surface area contributed by atoms with E-state index in [0.29, 0.717) is 31.5 Å². The number of anilines is 3. The molecule has 1 atom stereocenters. The molecular weight excluding hydrogens is 374 g/mol. The zero-order valence-corrected chi connectivity index (χ0v) is 16.4. The summed E-state index contributed by atoms with van der Waals surface area (Å²) >= 11 is 0. The van der Waals surface area contributed by atoms with Crippen molar-refractivity contribution in [3.8, 4) is 6.01 Å². The molecule has 1 aliphatic heterocycles. The van der Waals surface area contributed by atoms with Crippen LogP contribution in [0.15, 0.2) is 24.4 Å². The molecule has 3 aromatic rings. The van der Waals surface area contributed by atoms with E-state index in [1.807, 2.05) is 23.1 Å². The first kappa shape index (κ1) is 18.9. The first-order chi connectivity index (χ1) is 14.2. The Bertz CT molecular complexity index is 1010. The summed E-state index contributed by atoms with van der Waals surface area (Å²) in [4.78, 5) is 27.5. The quantitative estimate of drug-likeness (QED) is 0.604. The second-order valence-corrected chi connectivity index (χ2v) is 6.70. The lowest BCUT2D eigenvalue weighted by molar-refractivity contribution is -0.145. The lowest BCUT2D eigenvalue weighted by Gasteiger charge is -2.34. The van der Waals surface area contributed by atoms with E-state index in [4.69, 9.17) is 9.47 Å². The van der Waals surface area contributed by atoms with Gasteiger partial charge in [0.15, 0.2) is 0 Å². The van der Waals surface area contributed by atoms with E-state index in [9.17, 15) is 4.79 Å². The van der Waals surface area contributed by atoms with Crippen molar-refractivity contribution >= 4 is 34.5 Å². The molecule has 2 N–H and O–H groups in total. The highest BCUT2D eigenvalue weighted by molar-refractivity contribution is 5.82. The average molecular weight is 397 g/mol. The van der Waals surface area contributed by atoms with E-state index in [-0.39, 0.29) is 12.0 Å². The lowest BCUT2D eigenvalue weighted by Crippen LogP contribution is -2.46. The molecule has 3 heterocycles. The zero-order valence-electron chi connectivity index (χ0n) is 16.4. The van der Waals surface area contributed by atoms with E-state index >= 15 is 0 Å². The molecule has 10 nitrogen and oxygen atoms in total. The third kappa shape index (κ3) is 4.05. The van der Waals surface area contributed by atoms with Crippen LogP contribution in [-0.2, 0) is 9.53 Å². The number of benzene rings is 1. The number of ether oxygens (including phenoxy) is 2. The molecular formula is C19H23N7O3. The number of H-pyrrole nitrogens is 1. The standard InChI is InChI=1S/C19H23N7O3/c1-3-29-16(27)15-6-4-5-9-26(15)18-22-17(23-19(24-18)28-2)21-13-7-8-14-12(10-13)11-20-25-14/h7-8,10-11,15H,3-6,9H2,1-2H3,(H,20,25)(H,21,22,23,24). The maximum absolute atomic E-state index is 12.4. The van der Waals surface area contributed by atoms with Crippen LogP contribution < -0.4 is 15.0 Å². The molecule has 0 bridgehead atoms. The Kier molecular flexibility index (Phi) is 5.41. The van der Waals surface area contributed by atoms with Gasteiger partial charge in [-0.05, 0) is 44.4 Å². The highest BCUT2D eigenvalue weighted by atomic mass is 16.5. The lowest BCUT2D eigenvalue weighted by atomic mass is 10.0. The van der Waals surface area contributed by atoms with Gasteiger partial charge >= 0.3 is 12.0 Å². The fourth-order valence-corrected chi connectivity index (χ4v) is 3.43. The molecule has 0 aliphatic carbocycles. The SMILES string of the molecule is CCOC(=O)C1CCCCN1c1nc(Nc2ccc3[nH]ncc3c2)nc(OC)n1. The topological polar surface area (TPSA) is 118 Å². The van der Waals surface area contributed by atoms with Crippen LogP contribution >= 0.6 is 0 Å². The van der Waals surface area contributed by atoms with Crippen LogP contribution in [0.25, 0.3) is 10.9 Å². The normalized spacial score (nSPS) is 16.6. The number of carbonyl (C=O) groups excluding carboxylic acids is 1. The number of hydrogen-bond acceptors (Lipinski definition) is 9. The van der Waals surface area contributed by atoms with Crippen LogP contribution in [0.5, 0.6) is 6.01 Å². The molecule has 152 valence electrons. The summed E-state index contributed by atoms with van der Waals surface area (Å²) in [7, 11) is 1.50. The molecule has 1 unspecified atom stereocenters. The van der Waals surface area contributed by atoms with Gasteiger partial charge in [-0.15, -0.1) is 0 Å². The average Bonchev–Trinajstić information content (AvgIpc) is 3.21. The van der Waals surface area contributed by atoms with E-state index in [1.54, 1.807) is 13.1 Å². The monoisotopic (exact) mass is 397 g/mol. The summed E-state index contributed by atoms with van der Waals surface area (Å²) < 4.78 is 10.5. The fraction of sp³-hybridized carbons (Fsp3) is 0.421. The summed E-state index contributed by atoms with van der Waals surface area (Å²) in [6.07, 6.45) is 4.35. The van der Waals surface area contributed by atoms with Gasteiger partial charge in [-0.25, -0.2) is 4.79 Å². The second-order valence-electron chi connectivity index (χ2n) is 6.70. The van der Waals surface area contributed by atoms with E-state index in [1.165, 1.54) is 7.11 Å². The van der Waals surface area contributed by atoms with Crippen LogP contribution in [0.1, 0.15) is 26.2 Å². The van der Waals surface area contributed by atoms with Gasteiger partial charge in [0.05, 0.1) is 25.4 Å². The first-order valence-corrected chi connectivity index (χ1v) is 9.61. The smallest absolute Gasteiger partial charge is 0.328 e. The molecule has 10 heteroatoms. The van der Waals surface area contributed by atoms with Crippen LogP contribution in [0.3, 0.4) is 0 Å². The van der Waals surface area contributed by atoms with Crippen molar-refractivity contribution in [3.63, 3.8) is 0 Å². The summed E-state index contributed by atoms with van der Waals surface area (Å²) in [6.45, 7) is 2.81. The highest BCUT2D eigenvalue weighted by Gasteiger charge is 2.32. The fourth-order valence-electron chi connectivity index (χ4n) is 3.43. The van der Waals surface area contributed by atoms with Gasteiger partial charge in [-0.3, -0.25) is 5.10 Å². The number of esters is 1. The number of carbonyl (C=O) groups is 1. The van der Waals surface area contributed by atoms with Crippen molar-refractivity contribution in [2.45, 2.75) is 32.2 Å². The summed E-state index contributed by atoms with van der Waals surface area (Å²) in [6, 6.07) is 5.53. The summed E-state index contributed by atoms with van der Waals surface area (Å²) in [5, 5.41) is 11.1. The molecule has 1 saturated heterocycles. The van der Waals surface area contributed by atoms with E-state index in [2.05, 4.69) is 30.5 Å². The number of nitrogens with zero attached hydrogens (tertiary/aromatic N) is 5. The van der Waals surface area contributed by atoms with Crippen LogP contribution in [-0.4, -0.2) is 57.4 Å². The third-order valence-corrected chi connectivity index (χ3v) is 4.80. The number of aromatic nitrogens is 5. The van der Waals surface area contributed by atoms with Crippen molar-refractivity contribution < 1.29 is 14.3 Å². The van der Waals surface area contributed by atoms with Crippen LogP contribution in [0.4, 0.5) is 17.6 Å². The van der Waals surface area contributed by atoms with Gasteiger partial charge in [0.2, 0.25) is 11.9 Å². The predicted octanol–water partition coefficient (Wildman–Crippen LogP) is 2.42. The number of aromatic amines is 1. The van der Waals surface area contributed by atoms with Crippen molar-refractivity contribution in [2.24, 2.45) is 0 Å². The first-order valence-electron chi connectivity index (χ1n) is 9.61. The Morgan fingerprint density at radius 1 is 1.31 bits per heavy atom. The summed E-state index contributed by atoms with van der Waals surface area (Å²) in [5.41, 5.74) is 1.74. The summed E-state index contributed by atoms with van der Waals surface area (Å²) in [5.74, 6) is 0.468. The Morgan fingerprint density at radius 2 is 2.21 bits per heavy atom. The molecule has 0 spiro atoms. The number of hydrogen-bond donors (Lipinski definition) is 2. The molecule has 1 aliphatic rings. The van der Waals surface area contributed by atoms with Crippen molar-refractivity contribution in [2.75, 3.05) is 30.5 Å². The Morgan fingerprint density at radius 3 is 3.03 bits per heavy atom. The molecule has 0 amide bonds. The van der Waals surface area contributed by atoms with Crippen molar-refractivity contribution in [1.29, 1.82) is 0 Å². The maximum Gasteiger partial charge on any atom is 0.328 e. The Hall–Kier alpha value is -3.43. The van der Waals surface area contributed by atoms with E-state index < -0.39 is 6.04 Å². The molecule has 29 heavy (non-hydrogen) atoms. The highest BCUT2D eigenvalue weighted by Crippen LogP contribution is 2.26. The van der Waals surface area contributed by atoms with Gasteiger partial charge < -0.3 is 19.7 Å². The Labute approximate surface area is 167 Å². The second kappa shape index (κ2) is 8.29. The minimum atomic E-state index is -0.411. The van der Waals surface area contributed by atoms with Gasteiger partial charge in [0.25, 0.3) is 0 Å². The van der Waals surface area contributed by atoms with Gasteiger partial charge in [0, 0.05) is 17.6 Å². The molecule has 1 fully saturated rings. The third-order valence-electron chi connectivity index (χ3n) is 4.80. The van der Waals surface area contributed by atoms with Gasteiger partial charge in [0.1, 0.15) is 6.04 Å². The van der Waals surface area contributed by atoms with Crippen LogP contribution in [0.2, 0.25) is 0 Å². The number of fused-ring (bicyclic) bond motifs is 1. The van der Waals surface area contributed by atoms with Gasteiger partial charge in [-0.1, -0.05) is 0 Å². The molecule has 0 saturated carbocycles. The largest absolute Gasteiger partial charge is 0.467 e. The van der Waals surface area contributed by atoms with Crippen molar-refractivity contribution in [3.05, 3.63) is 24.4 Å². The molecule has 1 aromatic carbocycles. The minimum absolute atomic E-state index is 0.176. The number of piperidine rings is 1.